The van der Waals surface area contributed by atoms with Crippen molar-refractivity contribution in [3.05, 3.63) is 34.9 Å². The summed E-state index contributed by atoms with van der Waals surface area (Å²) in [6, 6.07) is 7.97. The molecule has 3 heteroatoms. The van der Waals surface area contributed by atoms with Crippen LogP contribution < -0.4 is 5.73 Å². The zero-order valence-corrected chi connectivity index (χ0v) is 9.41. The molecule has 2 unspecified atom stereocenters. The highest BCUT2D eigenvalue weighted by molar-refractivity contribution is 6.30. The molecule has 1 saturated carbocycles. The summed E-state index contributed by atoms with van der Waals surface area (Å²) in [6.07, 6.45) is 3.58. The molecule has 2 rings (SSSR count). The standard InChI is InChI=1S/C12H16ClNO/c13-10-4-1-3-9(7-10)8-15-12-6-2-5-11(12)14/h1,3-4,7,11-12H,2,5-6,8,14H2. The Morgan fingerprint density at radius 1 is 1.40 bits per heavy atom. The Labute approximate surface area is 95.4 Å². The molecule has 0 radical (unpaired) electrons. The van der Waals surface area contributed by atoms with E-state index in [1.165, 1.54) is 6.42 Å². The fraction of sp³-hybridized carbons (Fsp3) is 0.500. The van der Waals surface area contributed by atoms with Gasteiger partial charge in [0.1, 0.15) is 0 Å². The molecule has 2 N–H and O–H groups in total. The van der Waals surface area contributed by atoms with Crippen LogP contribution in [-0.2, 0) is 11.3 Å². The molecular formula is C12H16ClNO. The van der Waals surface area contributed by atoms with E-state index < -0.39 is 0 Å². The molecule has 0 bridgehead atoms. The molecule has 1 fully saturated rings. The second-order valence-electron chi connectivity index (χ2n) is 4.07. The van der Waals surface area contributed by atoms with Crippen molar-refractivity contribution in [1.82, 2.24) is 0 Å². The Morgan fingerprint density at radius 2 is 2.27 bits per heavy atom. The number of benzene rings is 1. The SMILES string of the molecule is NC1CCCC1OCc1cccc(Cl)c1. The highest BCUT2D eigenvalue weighted by atomic mass is 35.5. The molecule has 0 amide bonds. The Bertz CT molecular complexity index is 329. The van der Waals surface area contributed by atoms with Gasteiger partial charge in [0.2, 0.25) is 0 Å². The zero-order valence-electron chi connectivity index (χ0n) is 8.66. The van der Waals surface area contributed by atoms with Gasteiger partial charge in [-0.2, -0.15) is 0 Å². The minimum atomic E-state index is 0.212. The van der Waals surface area contributed by atoms with E-state index in [2.05, 4.69) is 0 Å². The number of ether oxygens (including phenoxy) is 1. The van der Waals surface area contributed by atoms with Crippen molar-refractivity contribution in [1.29, 1.82) is 0 Å². The minimum Gasteiger partial charge on any atom is -0.372 e. The van der Waals surface area contributed by atoms with Gasteiger partial charge in [0.25, 0.3) is 0 Å². The lowest BCUT2D eigenvalue weighted by Gasteiger charge is -2.16. The first-order valence-corrected chi connectivity index (χ1v) is 5.75. The fourth-order valence-electron chi connectivity index (χ4n) is 1.99. The largest absolute Gasteiger partial charge is 0.372 e. The van der Waals surface area contributed by atoms with Gasteiger partial charge in [-0.3, -0.25) is 0 Å². The molecule has 0 aliphatic heterocycles. The topological polar surface area (TPSA) is 35.2 Å². The lowest BCUT2D eigenvalue weighted by Crippen LogP contribution is -2.31. The van der Waals surface area contributed by atoms with E-state index >= 15 is 0 Å². The molecule has 0 spiro atoms. The summed E-state index contributed by atoms with van der Waals surface area (Å²) in [5.41, 5.74) is 7.03. The zero-order chi connectivity index (χ0) is 10.7. The van der Waals surface area contributed by atoms with Crippen molar-refractivity contribution < 1.29 is 4.74 Å². The highest BCUT2D eigenvalue weighted by Crippen LogP contribution is 2.22. The van der Waals surface area contributed by atoms with E-state index in [1.807, 2.05) is 24.3 Å². The number of halogens is 1. The van der Waals surface area contributed by atoms with Gasteiger partial charge < -0.3 is 10.5 Å². The Morgan fingerprint density at radius 3 is 2.93 bits per heavy atom. The average Bonchev–Trinajstić information content (AvgIpc) is 2.61. The first-order valence-electron chi connectivity index (χ1n) is 5.37. The highest BCUT2D eigenvalue weighted by Gasteiger charge is 2.24. The van der Waals surface area contributed by atoms with Crippen LogP contribution in [0.5, 0.6) is 0 Å². The van der Waals surface area contributed by atoms with Gasteiger partial charge in [0.05, 0.1) is 12.7 Å². The molecule has 1 aromatic rings. The monoisotopic (exact) mass is 225 g/mol. The lowest BCUT2D eigenvalue weighted by molar-refractivity contribution is 0.0357. The molecule has 0 aromatic heterocycles. The summed E-state index contributed by atoms with van der Waals surface area (Å²) in [7, 11) is 0. The number of hydrogen-bond donors (Lipinski definition) is 1. The lowest BCUT2D eigenvalue weighted by atomic mass is 10.2. The van der Waals surface area contributed by atoms with E-state index in [1.54, 1.807) is 0 Å². The Balaban J connectivity index is 1.87. The summed E-state index contributed by atoms with van der Waals surface area (Å²) in [5.74, 6) is 0. The quantitative estimate of drug-likeness (QED) is 0.859. The summed E-state index contributed by atoms with van der Waals surface area (Å²) in [6.45, 7) is 0.610. The van der Waals surface area contributed by atoms with Crippen molar-refractivity contribution in [2.24, 2.45) is 5.73 Å². The van der Waals surface area contributed by atoms with Gasteiger partial charge >= 0.3 is 0 Å². The van der Waals surface area contributed by atoms with E-state index in [4.69, 9.17) is 22.1 Å². The number of rotatable bonds is 3. The molecule has 2 nitrogen and oxygen atoms in total. The normalized spacial score (nSPS) is 25.7. The van der Waals surface area contributed by atoms with E-state index in [9.17, 15) is 0 Å². The maximum Gasteiger partial charge on any atom is 0.0730 e. The van der Waals surface area contributed by atoms with Gasteiger partial charge in [0.15, 0.2) is 0 Å². The molecule has 1 aliphatic rings. The van der Waals surface area contributed by atoms with Gasteiger partial charge in [0, 0.05) is 11.1 Å². The van der Waals surface area contributed by atoms with Crippen molar-refractivity contribution >= 4 is 11.6 Å². The van der Waals surface area contributed by atoms with Crippen LogP contribution in [0.2, 0.25) is 5.02 Å². The molecule has 1 aromatic carbocycles. The van der Waals surface area contributed by atoms with Crippen LogP contribution in [0.4, 0.5) is 0 Å². The van der Waals surface area contributed by atoms with Crippen LogP contribution in [0.15, 0.2) is 24.3 Å². The fourth-order valence-corrected chi connectivity index (χ4v) is 2.20. The third kappa shape index (κ3) is 2.94. The van der Waals surface area contributed by atoms with Gasteiger partial charge in [-0.15, -0.1) is 0 Å². The number of nitrogens with two attached hydrogens (primary N) is 1. The third-order valence-electron chi connectivity index (χ3n) is 2.86. The molecule has 82 valence electrons. The predicted octanol–water partition coefficient (Wildman–Crippen LogP) is 2.74. The second kappa shape index (κ2) is 4.97. The van der Waals surface area contributed by atoms with Crippen LogP contribution in [0, 0.1) is 0 Å². The third-order valence-corrected chi connectivity index (χ3v) is 3.09. The van der Waals surface area contributed by atoms with Crippen LogP contribution >= 0.6 is 11.6 Å². The predicted molar refractivity (Wildman–Crippen MR) is 61.9 cm³/mol. The van der Waals surface area contributed by atoms with Crippen LogP contribution in [-0.4, -0.2) is 12.1 Å². The van der Waals surface area contributed by atoms with E-state index in [0.717, 1.165) is 23.4 Å². The van der Waals surface area contributed by atoms with Crippen molar-refractivity contribution in [2.75, 3.05) is 0 Å². The smallest absolute Gasteiger partial charge is 0.0730 e. The maximum atomic E-state index is 5.92. The van der Waals surface area contributed by atoms with E-state index in [-0.39, 0.29) is 12.1 Å². The van der Waals surface area contributed by atoms with E-state index in [0.29, 0.717) is 6.61 Å². The maximum absolute atomic E-state index is 5.92. The second-order valence-corrected chi connectivity index (χ2v) is 4.51. The average molecular weight is 226 g/mol. The van der Waals surface area contributed by atoms with Crippen LogP contribution in [0.1, 0.15) is 24.8 Å². The molecule has 15 heavy (non-hydrogen) atoms. The Kier molecular flexibility index (Phi) is 3.62. The summed E-state index contributed by atoms with van der Waals surface area (Å²) >= 11 is 5.89. The summed E-state index contributed by atoms with van der Waals surface area (Å²) in [5, 5.41) is 0.756. The summed E-state index contributed by atoms with van der Waals surface area (Å²) in [4.78, 5) is 0. The van der Waals surface area contributed by atoms with Gasteiger partial charge in [-0.25, -0.2) is 0 Å². The van der Waals surface area contributed by atoms with Crippen LogP contribution in [0.3, 0.4) is 0 Å². The first-order chi connectivity index (χ1) is 7.25. The van der Waals surface area contributed by atoms with Crippen molar-refractivity contribution in [3.63, 3.8) is 0 Å². The number of hydrogen-bond acceptors (Lipinski definition) is 2. The van der Waals surface area contributed by atoms with Crippen molar-refractivity contribution in [3.8, 4) is 0 Å². The molecule has 2 atom stereocenters. The van der Waals surface area contributed by atoms with Crippen molar-refractivity contribution in [2.45, 2.75) is 38.0 Å². The molecular weight excluding hydrogens is 210 g/mol. The molecule has 0 heterocycles. The van der Waals surface area contributed by atoms with Crippen LogP contribution in [0.25, 0.3) is 0 Å². The minimum absolute atomic E-state index is 0.212. The van der Waals surface area contributed by atoms with Gasteiger partial charge in [-0.1, -0.05) is 23.7 Å². The van der Waals surface area contributed by atoms with Gasteiger partial charge in [-0.05, 0) is 37.0 Å². The molecule has 0 saturated heterocycles. The Hall–Kier alpha value is -0.570. The molecule has 1 aliphatic carbocycles. The summed E-state index contributed by atoms with van der Waals surface area (Å²) < 4.78 is 5.77. The first kappa shape index (κ1) is 10.9.